The number of nitrogens with zero attached hydrogens (tertiary/aromatic N) is 2. The molecular formula is C31H30N2O4. The van der Waals surface area contributed by atoms with Crippen molar-refractivity contribution in [2.45, 2.75) is 33.4 Å². The van der Waals surface area contributed by atoms with E-state index >= 15 is 0 Å². The highest BCUT2D eigenvalue weighted by molar-refractivity contribution is 6.16. The van der Waals surface area contributed by atoms with Gasteiger partial charge >= 0.3 is 0 Å². The molecule has 2 aliphatic heterocycles. The molecule has 3 heterocycles. The normalized spacial score (nSPS) is 16.0. The number of methoxy groups -OCH3 is 1. The molecule has 6 nitrogen and oxygen atoms in total. The molecular weight excluding hydrogens is 464 g/mol. The second-order valence-electron chi connectivity index (χ2n) is 9.59. The number of hydrogen-bond donors (Lipinski definition) is 0. The lowest BCUT2D eigenvalue weighted by Gasteiger charge is -2.30. The number of aryl methyl sites for hydroxylation is 2. The molecule has 6 rings (SSSR count). The first-order chi connectivity index (χ1) is 18.1. The van der Waals surface area contributed by atoms with Gasteiger partial charge in [-0.3, -0.25) is 9.69 Å². The van der Waals surface area contributed by atoms with Gasteiger partial charge in [0.05, 0.1) is 18.2 Å². The minimum Gasteiger partial charge on any atom is -0.496 e. The number of aromatic nitrogens is 1. The number of fused-ring (bicyclic) bond motifs is 4. The summed E-state index contributed by atoms with van der Waals surface area (Å²) in [6.45, 7) is 6.87. The van der Waals surface area contributed by atoms with Crippen molar-refractivity contribution in [3.63, 3.8) is 0 Å². The second kappa shape index (κ2) is 9.45. The van der Waals surface area contributed by atoms with Crippen LogP contribution in [-0.2, 0) is 19.5 Å². The van der Waals surface area contributed by atoms with Crippen LogP contribution in [0.3, 0.4) is 0 Å². The Labute approximate surface area is 216 Å². The Morgan fingerprint density at radius 2 is 1.92 bits per heavy atom. The first-order valence-corrected chi connectivity index (χ1v) is 12.7. The van der Waals surface area contributed by atoms with Crippen molar-refractivity contribution >= 4 is 22.8 Å². The molecule has 3 aromatic carbocycles. The average Bonchev–Trinajstić information content (AvgIpc) is 3.45. The molecule has 0 saturated carbocycles. The second-order valence-corrected chi connectivity index (χ2v) is 9.59. The van der Waals surface area contributed by atoms with E-state index < -0.39 is 0 Å². The van der Waals surface area contributed by atoms with Gasteiger partial charge in [-0.25, -0.2) is 0 Å². The number of para-hydroxylation sites is 2. The van der Waals surface area contributed by atoms with E-state index in [-0.39, 0.29) is 5.78 Å². The molecule has 4 aromatic rings. The van der Waals surface area contributed by atoms with Crippen molar-refractivity contribution in [3.8, 4) is 17.2 Å². The molecule has 0 saturated heterocycles. The van der Waals surface area contributed by atoms with Crippen molar-refractivity contribution in [2.75, 3.05) is 20.4 Å². The number of allylic oxidation sites excluding steroid dienone is 1. The number of rotatable bonds is 6. The molecule has 0 spiro atoms. The van der Waals surface area contributed by atoms with E-state index in [0.29, 0.717) is 30.3 Å². The molecule has 0 N–H and O–H groups in total. The summed E-state index contributed by atoms with van der Waals surface area (Å²) in [5, 5.41) is 1.11. The van der Waals surface area contributed by atoms with E-state index in [1.807, 2.05) is 49.4 Å². The van der Waals surface area contributed by atoms with Crippen LogP contribution < -0.4 is 14.2 Å². The van der Waals surface area contributed by atoms with Crippen LogP contribution in [0.25, 0.3) is 17.0 Å². The molecule has 0 radical (unpaired) electrons. The van der Waals surface area contributed by atoms with Gasteiger partial charge in [0.1, 0.15) is 24.0 Å². The smallest absolute Gasteiger partial charge is 0.232 e. The third-order valence-corrected chi connectivity index (χ3v) is 7.32. The lowest BCUT2D eigenvalue weighted by Crippen LogP contribution is -2.34. The Kier molecular flexibility index (Phi) is 5.97. The Hall–Kier alpha value is -4.03. The summed E-state index contributed by atoms with van der Waals surface area (Å²) in [5.41, 5.74) is 5.73. The van der Waals surface area contributed by atoms with E-state index in [0.717, 1.165) is 64.2 Å². The van der Waals surface area contributed by atoms with Crippen molar-refractivity contribution in [1.29, 1.82) is 0 Å². The summed E-state index contributed by atoms with van der Waals surface area (Å²) in [4.78, 5) is 15.7. The molecule has 0 fully saturated rings. The number of carbonyl (C=O) groups is 1. The fourth-order valence-corrected chi connectivity index (χ4v) is 5.40. The first-order valence-electron chi connectivity index (χ1n) is 12.7. The fraction of sp³-hybridized carbons (Fsp3) is 0.258. The van der Waals surface area contributed by atoms with Gasteiger partial charge in [-0.05, 0) is 55.7 Å². The fourth-order valence-electron chi connectivity index (χ4n) is 5.40. The lowest BCUT2D eigenvalue weighted by molar-refractivity contribution is 0.0947. The van der Waals surface area contributed by atoms with Crippen LogP contribution in [0, 0.1) is 6.92 Å². The zero-order valence-corrected chi connectivity index (χ0v) is 21.4. The van der Waals surface area contributed by atoms with Gasteiger partial charge in [-0.1, -0.05) is 36.4 Å². The zero-order chi connectivity index (χ0) is 25.5. The molecule has 37 heavy (non-hydrogen) atoms. The first kappa shape index (κ1) is 23.4. The third-order valence-electron chi connectivity index (χ3n) is 7.32. The molecule has 1 aromatic heterocycles. The van der Waals surface area contributed by atoms with Crippen molar-refractivity contribution in [2.24, 2.45) is 0 Å². The maximum atomic E-state index is 13.5. The van der Waals surface area contributed by atoms with E-state index in [1.165, 1.54) is 0 Å². The Morgan fingerprint density at radius 1 is 1.11 bits per heavy atom. The number of ether oxygens (including phenoxy) is 3. The predicted molar refractivity (Wildman–Crippen MR) is 144 cm³/mol. The third kappa shape index (κ3) is 4.07. The van der Waals surface area contributed by atoms with Crippen LogP contribution in [0.4, 0.5) is 0 Å². The highest BCUT2D eigenvalue weighted by Crippen LogP contribution is 2.44. The van der Waals surface area contributed by atoms with E-state index in [9.17, 15) is 4.79 Å². The van der Waals surface area contributed by atoms with Crippen molar-refractivity contribution in [3.05, 3.63) is 94.4 Å². The number of hydrogen-bond acceptors (Lipinski definition) is 5. The standard InChI is InChI=1S/C31H30N2O4/c1-4-33-17-22(23-10-6-7-11-25(23)33)16-28-30(34)29-20(2)15-27-24(31(29)37-28)18-32(19-36-27)14-13-21-9-5-8-12-26(21)35-3/h5-12,15-17H,4,13-14,18-19H2,1-3H3/b28-16-. The van der Waals surface area contributed by atoms with Crippen LogP contribution in [0.5, 0.6) is 17.2 Å². The lowest BCUT2D eigenvalue weighted by atomic mass is 9.98. The summed E-state index contributed by atoms with van der Waals surface area (Å²) < 4.78 is 20.1. The van der Waals surface area contributed by atoms with Gasteiger partial charge < -0.3 is 18.8 Å². The average molecular weight is 495 g/mol. The van der Waals surface area contributed by atoms with Gasteiger partial charge in [0.25, 0.3) is 0 Å². The maximum Gasteiger partial charge on any atom is 0.232 e. The Bertz CT molecular complexity index is 1550. The van der Waals surface area contributed by atoms with Crippen molar-refractivity contribution in [1.82, 2.24) is 9.47 Å². The number of ketones is 1. The largest absolute Gasteiger partial charge is 0.496 e. The van der Waals surface area contributed by atoms with E-state index in [1.54, 1.807) is 7.11 Å². The van der Waals surface area contributed by atoms with E-state index in [2.05, 4.69) is 40.8 Å². The van der Waals surface area contributed by atoms with Crippen molar-refractivity contribution < 1.29 is 19.0 Å². The summed E-state index contributed by atoms with van der Waals surface area (Å²) >= 11 is 0. The molecule has 2 aliphatic rings. The van der Waals surface area contributed by atoms with Crippen LogP contribution in [0.2, 0.25) is 0 Å². The Morgan fingerprint density at radius 3 is 2.76 bits per heavy atom. The van der Waals surface area contributed by atoms with Gasteiger partial charge in [0.2, 0.25) is 5.78 Å². The molecule has 188 valence electrons. The minimum absolute atomic E-state index is 0.0743. The SMILES string of the molecule is CCn1cc(/C=C2\Oc3c4c(cc(C)c3C2=O)OCN(CCc2ccccc2OC)C4)c2ccccc21. The molecule has 0 atom stereocenters. The predicted octanol–water partition coefficient (Wildman–Crippen LogP) is 5.99. The zero-order valence-electron chi connectivity index (χ0n) is 21.4. The molecule has 0 bridgehead atoms. The number of benzene rings is 3. The monoisotopic (exact) mass is 494 g/mol. The van der Waals surface area contributed by atoms with Crippen LogP contribution in [-0.4, -0.2) is 35.6 Å². The van der Waals surface area contributed by atoms with Gasteiger partial charge in [0, 0.05) is 42.3 Å². The molecule has 0 unspecified atom stereocenters. The molecule has 6 heteroatoms. The topological polar surface area (TPSA) is 52.9 Å². The number of carbonyl (C=O) groups excluding carboxylic acids is 1. The van der Waals surface area contributed by atoms with Gasteiger partial charge in [-0.2, -0.15) is 0 Å². The molecule has 0 aliphatic carbocycles. The Balaban J connectivity index is 1.29. The van der Waals surface area contributed by atoms with Crippen LogP contribution >= 0.6 is 0 Å². The van der Waals surface area contributed by atoms with Crippen LogP contribution in [0.15, 0.2) is 66.6 Å². The van der Waals surface area contributed by atoms with Gasteiger partial charge in [-0.15, -0.1) is 0 Å². The summed E-state index contributed by atoms with van der Waals surface area (Å²) in [6, 6.07) is 18.3. The summed E-state index contributed by atoms with van der Waals surface area (Å²) in [5.74, 6) is 2.60. The minimum atomic E-state index is -0.0743. The van der Waals surface area contributed by atoms with E-state index in [4.69, 9.17) is 14.2 Å². The van der Waals surface area contributed by atoms with Gasteiger partial charge in [0.15, 0.2) is 5.76 Å². The molecule has 0 amide bonds. The maximum absolute atomic E-state index is 13.5. The number of Topliss-reactive ketones (excluding diaryl/α,β-unsaturated/α-hetero) is 1. The highest BCUT2D eigenvalue weighted by Gasteiger charge is 2.35. The highest BCUT2D eigenvalue weighted by atomic mass is 16.5. The quantitative estimate of drug-likeness (QED) is 0.308. The summed E-state index contributed by atoms with van der Waals surface area (Å²) in [6.07, 6.45) is 4.80. The van der Waals surface area contributed by atoms with Crippen LogP contribution in [0.1, 0.15) is 39.5 Å². The summed E-state index contributed by atoms with van der Waals surface area (Å²) in [7, 11) is 1.70.